The van der Waals surface area contributed by atoms with Crippen LogP contribution in [0, 0.1) is 13.8 Å². The summed E-state index contributed by atoms with van der Waals surface area (Å²) in [5.74, 6) is 2.44. The van der Waals surface area contributed by atoms with Gasteiger partial charge in [0.1, 0.15) is 0 Å². The summed E-state index contributed by atoms with van der Waals surface area (Å²) in [5.41, 5.74) is 7.13. The van der Waals surface area contributed by atoms with Gasteiger partial charge in [-0.2, -0.15) is 11.8 Å². The summed E-state index contributed by atoms with van der Waals surface area (Å²) >= 11 is 2.05. The van der Waals surface area contributed by atoms with E-state index in [-0.39, 0.29) is 0 Å². The van der Waals surface area contributed by atoms with Gasteiger partial charge in [-0.1, -0.05) is 11.6 Å². The minimum Gasteiger partial charge on any atom is -0.358 e. The molecule has 0 unspecified atom stereocenters. The second-order valence-corrected chi connectivity index (χ2v) is 5.49. The molecule has 1 aromatic carbocycles. The second kappa shape index (κ2) is 3.31. The Labute approximate surface area is 94.3 Å². The number of rotatable bonds is 0. The summed E-state index contributed by atoms with van der Waals surface area (Å²) in [6.07, 6.45) is 1.20. The number of fused-ring (bicyclic) bond motifs is 3. The first kappa shape index (κ1) is 9.34. The second-order valence-electron chi connectivity index (χ2n) is 4.39. The van der Waals surface area contributed by atoms with Crippen LogP contribution < -0.4 is 0 Å². The van der Waals surface area contributed by atoms with E-state index in [4.69, 9.17) is 0 Å². The van der Waals surface area contributed by atoms with E-state index in [1.807, 2.05) is 11.8 Å². The van der Waals surface area contributed by atoms with Gasteiger partial charge in [-0.25, -0.2) is 0 Å². The molecule has 2 aromatic rings. The van der Waals surface area contributed by atoms with Crippen LogP contribution in [0.4, 0.5) is 0 Å². The topological polar surface area (TPSA) is 15.8 Å². The highest BCUT2D eigenvalue weighted by molar-refractivity contribution is 7.98. The van der Waals surface area contributed by atoms with Crippen molar-refractivity contribution in [2.75, 3.05) is 5.75 Å². The van der Waals surface area contributed by atoms with E-state index in [0.29, 0.717) is 0 Å². The number of hydrogen-bond acceptors (Lipinski definition) is 1. The van der Waals surface area contributed by atoms with Crippen molar-refractivity contribution in [1.82, 2.24) is 4.98 Å². The van der Waals surface area contributed by atoms with Crippen LogP contribution in [0.5, 0.6) is 0 Å². The third-order valence-corrected chi connectivity index (χ3v) is 4.17. The van der Waals surface area contributed by atoms with E-state index in [9.17, 15) is 0 Å². The molecule has 0 fully saturated rings. The molecule has 78 valence electrons. The standard InChI is InChI=1S/C13H15NS/c1-8-5-9(2)13-10(6-8)11-7-15-4-3-12(11)14-13/h5-6,14H,3-4,7H2,1-2H3. The Morgan fingerprint density at radius 3 is 3.00 bits per heavy atom. The molecule has 0 bridgehead atoms. The third kappa shape index (κ3) is 1.39. The van der Waals surface area contributed by atoms with Crippen LogP contribution in [0.2, 0.25) is 0 Å². The van der Waals surface area contributed by atoms with Crippen molar-refractivity contribution in [2.45, 2.75) is 26.0 Å². The lowest BCUT2D eigenvalue weighted by Crippen LogP contribution is -1.99. The Morgan fingerprint density at radius 1 is 1.27 bits per heavy atom. The fourth-order valence-electron chi connectivity index (χ4n) is 2.49. The Balaban J connectivity index is 2.37. The van der Waals surface area contributed by atoms with Gasteiger partial charge >= 0.3 is 0 Å². The lowest BCUT2D eigenvalue weighted by molar-refractivity contribution is 1.04. The number of aryl methyl sites for hydroxylation is 3. The van der Waals surface area contributed by atoms with E-state index in [0.717, 1.165) is 0 Å². The molecule has 0 aliphatic carbocycles. The largest absolute Gasteiger partial charge is 0.358 e. The molecule has 0 atom stereocenters. The van der Waals surface area contributed by atoms with Gasteiger partial charge in [0, 0.05) is 22.3 Å². The zero-order chi connectivity index (χ0) is 10.4. The van der Waals surface area contributed by atoms with Gasteiger partial charge in [-0.15, -0.1) is 0 Å². The van der Waals surface area contributed by atoms with Crippen LogP contribution in [0.3, 0.4) is 0 Å². The van der Waals surface area contributed by atoms with Gasteiger partial charge in [0.2, 0.25) is 0 Å². The van der Waals surface area contributed by atoms with Gasteiger partial charge in [0.05, 0.1) is 0 Å². The van der Waals surface area contributed by atoms with Crippen LogP contribution in [0.25, 0.3) is 10.9 Å². The highest BCUT2D eigenvalue weighted by atomic mass is 32.2. The quantitative estimate of drug-likeness (QED) is 0.713. The summed E-state index contributed by atoms with van der Waals surface area (Å²) in [4.78, 5) is 3.60. The maximum atomic E-state index is 3.60. The number of aromatic nitrogens is 1. The first-order chi connectivity index (χ1) is 7.25. The van der Waals surface area contributed by atoms with E-state index in [1.165, 1.54) is 45.7 Å². The first-order valence-corrected chi connectivity index (χ1v) is 6.59. The van der Waals surface area contributed by atoms with E-state index >= 15 is 0 Å². The lowest BCUT2D eigenvalue weighted by Gasteiger charge is -2.10. The van der Waals surface area contributed by atoms with Gasteiger partial charge in [0.25, 0.3) is 0 Å². The Hall–Kier alpha value is -0.890. The van der Waals surface area contributed by atoms with Gasteiger partial charge in [-0.3, -0.25) is 0 Å². The van der Waals surface area contributed by atoms with Crippen LogP contribution >= 0.6 is 11.8 Å². The maximum Gasteiger partial charge on any atom is 0.0489 e. The summed E-state index contributed by atoms with van der Waals surface area (Å²) in [7, 11) is 0. The van der Waals surface area contributed by atoms with Crippen LogP contribution in [-0.4, -0.2) is 10.7 Å². The molecule has 0 radical (unpaired) electrons. The number of hydrogen-bond donors (Lipinski definition) is 1. The summed E-state index contributed by atoms with van der Waals surface area (Å²) < 4.78 is 0. The van der Waals surface area contributed by atoms with Crippen molar-refractivity contribution in [3.05, 3.63) is 34.5 Å². The highest BCUT2D eigenvalue weighted by Gasteiger charge is 2.16. The minimum atomic E-state index is 1.18. The van der Waals surface area contributed by atoms with Crippen molar-refractivity contribution >= 4 is 22.7 Å². The lowest BCUT2D eigenvalue weighted by atomic mass is 10.1. The van der Waals surface area contributed by atoms with E-state index in [2.05, 4.69) is 31.0 Å². The molecular formula is C13H15NS. The van der Waals surface area contributed by atoms with Crippen LogP contribution in [0.1, 0.15) is 22.4 Å². The Morgan fingerprint density at radius 2 is 2.13 bits per heavy atom. The molecule has 1 aliphatic rings. The van der Waals surface area contributed by atoms with Gasteiger partial charge in [0.15, 0.2) is 0 Å². The summed E-state index contributed by atoms with van der Waals surface area (Å²) in [6, 6.07) is 4.58. The zero-order valence-corrected chi connectivity index (χ0v) is 10.0. The molecule has 1 aromatic heterocycles. The highest BCUT2D eigenvalue weighted by Crippen LogP contribution is 2.33. The molecule has 1 N–H and O–H groups in total. The molecule has 3 rings (SSSR count). The molecule has 2 heterocycles. The zero-order valence-electron chi connectivity index (χ0n) is 9.18. The van der Waals surface area contributed by atoms with Crippen molar-refractivity contribution in [1.29, 1.82) is 0 Å². The molecule has 0 saturated carbocycles. The average molecular weight is 217 g/mol. The van der Waals surface area contributed by atoms with Gasteiger partial charge < -0.3 is 4.98 Å². The monoisotopic (exact) mass is 217 g/mol. The number of thioether (sulfide) groups is 1. The van der Waals surface area contributed by atoms with Crippen molar-refractivity contribution in [3.63, 3.8) is 0 Å². The number of H-pyrrole nitrogens is 1. The number of benzene rings is 1. The molecule has 1 nitrogen and oxygen atoms in total. The fraction of sp³-hybridized carbons (Fsp3) is 0.385. The molecule has 1 aliphatic heterocycles. The Bertz CT molecular complexity index is 525. The predicted molar refractivity (Wildman–Crippen MR) is 67.6 cm³/mol. The molecule has 2 heteroatoms. The van der Waals surface area contributed by atoms with Crippen LogP contribution in [0.15, 0.2) is 12.1 Å². The van der Waals surface area contributed by atoms with Gasteiger partial charge in [-0.05, 0) is 43.2 Å². The van der Waals surface area contributed by atoms with Crippen LogP contribution in [-0.2, 0) is 12.2 Å². The SMILES string of the molecule is Cc1cc(C)c2[nH]c3c(c2c1)CSCC3. The fourth-order valence-corrected chi connectivity index (χ4v) is 3.51. The smallest absolute Gasteiger partial charge is 0.0489 e. The molecule has 15 heavy (non-hydrogen) atoms. The molecule has 0 saturated heterocycles. The number of aromatic amines is 1. The first-order valence-electron chi connectivity index (χ1n) is 5.44. The summed E-state index contributed by atoms with van der Waals surface area (Å²) in [5, 5.41) is 1.45. The molecular weight excluding hydrogens is 202 g/mol. The maximum absolute atomic E-state index is 3.60. The molecule has 0 spiro atoms. The van der Waals surface area contributed by atoms with E-state index < -0.39 is 0 Å². The number of nitrogens with one attached hydrogen (secondary N) is 1. The predicted octanol–water partition coefficient (Wildman–Crippen LogP) is 3.57. The van der Waals surface area contributed by atoms with Crippen molar-refractivity contribution < 1.29 is 0 Å². The average Bonchev–Trinajstić information content (AvgIpc) is 2.57. The third-order valence-electron chi connectivity index (χ3n) is 3.19. The minimum absolute atomic E-state index is 1.18. The van der Waals surface area contributed by atoms with E-state index in [1.54, 1.807) is 5.56 Å². The molecule has 0 amide bonds. The van der Waals surface area contributed by atoms with Crippen molar-refractivity contribution in [3.8, 4) is 0 Å². The van der Waals surface area contributed by atoms with Crippen molar-refractivity contribution in [2.24, 2.45) is 0 Å². The summed E-state index contributed by atoms with van der Waals surface area (Å²) in [6.45, 7) is 4.38. The Kier molecular flexibility index (Phi) is 2.06. The normalized spacial score (nSPS) is 15.6.